The highest BCUT2D eigenvalue weighted by Crippen LogP contribution is 2.23. The molecule has 0 rings (SSSR count). The molecule has 0 atom stereocenters. The highest BCUT2D eigenvalue weighted by atomic mass is 19.4. The molecule has 0 aliphatic carbocycles. The molecule has 0 radical (unpaired) electrons. The van der Waals surface area contributed by atoms with E-state index in [0.29, 0.717) is 12.8 Å². The molecule has 0 bridgehead atoms. The lowest BCUT2D eigenvalue weighted by atomic mass is 10.1. The van der Waals surface area contributed by atoms with Crippen molar-refractivity contribution in [1.82, 2.24) is 0 Å². The number of rotatable bonds is 8. The Morgan fingerprint density at radius 2 is 1.07 bits per heavy atom. The highest BCUT2D eigenvalue weighted by molar-refractivity contribution is 4.52. The first-order valence-electron chi connectivity index (χ1n) is 5.19. The largest absolute Gasteiger partial charge is 0.389 e. The van der Waals surface area contributed by atoms with Crippen LogP contribution in [0, 0.1) is 0 Å². The zero-order valence-electron chi connectivity index (χ0n) is 8.38. The minimum Gasteiger partial charge on any atom is -0.251 e. The molecule has 14 heavy (non-hydrogen) atoms. The number of alkyl halides is 4. The molecular weight excluding hydrogens is 196 g/mol. The third kappa shape index (κ3) is 11.7. The van der Waals surface area contributed by atoms with Crippen molar-refractivity contribution in [2.75, 3.05) is 6.67 Å². The maximum atomic E-state index is 11.7. The zero-order valence-corrected chi connectivity index (χ0v) is 8.38. The second-order valence-electron chi connectivity index (χ2n) is 3.53. The number of unbranched alkanes of at least 4 members (excludes halogenated alkanes) is 6. The molecule has 0 spiro atoms. The summed E-state index contributed by atoms with van der Waals surface area (Å²) in [5, 5.41) is 0. The van der Waals surface area contributed by atoms with E-state index >= 15 is 0 Å². The van der Waals surface area contributed by atoms with Crippen LogP contribution in [-0.2, 0) is 0 Å². The molecule has 0 N–H and O–H groups in total. The summed E-state index contributed by atoms with van der Waals surface area (Å²) in [6, 6.07) is 0. The topological polar surface area (TPSA) is 0 Å². The molecule has 0 amide bonds. The van der Waals surface area contributed by atoms with Gasteiger partial charge in [0.1, 0.15) is 0 Å². The smallest absolute Gasteiger partial charge is 0.251 e. The van der Waals surface area contributed by atoms with E-state index in [2.05, 4.69) is 0 Å². The van der Waals surface area contributed by atoms with Gasteiger partial charge in [0.2, 0.25) is 0 Å². The van der Waals surface area contributed by atoms with Gasteiger partial charge in [-0.3, -0.25) is 4.39 Å². The number of hydrogen-bond acceptors (Lipinski definition) is 0. The monoisotopic (exact) mass is 214 g/mol. The highest BCUT2D eigenvalue weighted by Gasteiger charge is 2.25. The van der Waals surface area contributed by atoms with Crippen molar-refractivity contribution < 1.29 is 17.6 Å². The molecule has 0 fully saturated rings. The molecule has 0 aliphatic heterocycles. The maximum absolute atomic E-state index is 11.7. The predicted molar refractivity (Wildman–Crippen MR) is 49.0 cm³/mol. The average Bonchev–Trinajstić information content (AvgIpc) is 2.08. The Morgan fingerprint density at radius 3 is 1.50 bits per heavy atom. The zero-order chi connectivity index (χ0) is 10.9. The first-order chi connectivity index (χ1) is 6.56. The molecule has 0 nitrogen and oxygen atoms in total. The van der Waals surface area contributed by atoms with Crippen LogP contribution in [-0.4, -0.2) is 12.9 Å². The minimum atomic E-state index is -4.01. The molecule has 0 aromatic heterocycles. The summed E-state index contributed by atoms with van der Waals surface area (Å²) in [5.41, 5.74) is 0. The lowest BCUT2D eigenvalue weighted by Crippen LogP contribution is -2.06. The quantitative estimate of drug-likeness (QED) is 0.408. The van der Waals surface area contributed by atoms with E-state index in [1.165, 1.54) is 0 Å². The molecular formula is C10H18F4. The van der Waals surface area contributed by atoms with Crippen molar-refractivity contribution >= 4 is 0 Å². The Hall–Kier alpha value is -0.280. The van der Waals surface area contributed by atoms with Gasteiger partial charge in [-0.2, -0.15) is 13.2 Å². The van der Waals surface area contributed by atoms with E-state index < -0.39 is 12.6 Å². The molecule has 0 aromatic rings. The predicted octanol–water partition coefficient (Wildman–Crippen LogP) is 4.64. The van der Waals surface area contributed by atoms with Gasteiger partial charge < -0.3 is 0 Å². The number of halogens is 4. The van der Waals surface area contributed by atoms with Crippen LogP contribution in [0.4, 0.5) is 17.6 Å². The summed E-state index contributed by atoms with van der Waals surface area (Å²) in [4.78, 5) is 0. The summed E-state index contributed by atoms with van der Waals surface area (Å²) in [7, 11) is 0. The van der Waals surface area contributed by atoms with Gasteiger partial charge in [0.25, 0.3) is 0 Å². The fourth-order valence-corrected chi connectivity index (χ4v) is 1.30. The van der Waals surface area contributed by atoms with E-state index in [1.54, 1.807) is 0 Å². The summed E-state index contributed by atoms with van der Waals surface area (Å²) >= 11 is 0. The van der Waals surface area contributed by atoms with Crippen LogP contribution >= 0.6 is 0 Å². The van der Waals surface area contributed by atoms with Crippen LogP contribution in [0.2, 0.25) is 0 Å². The SMILES string of the molecule is FCCCCCCCCCC(F)(F)F. The standard InChI is InChI=1S/C10H18F4/c11-9-7-5-3-1-2-4-6-8-10(12,13)14/h1-9H2. The van der Waals surface area contributed by atoms with Crippen molar-refractivity contribution in [3.05, 3.63) is 0 Å². The molecule has 0 aliphatic rings. The fourth-order valence-electron chi connectivity index (χ4n) is 1.30. The van der Waals surface area contributed by atoms with Gasteiger partial charge in [0.05, 0.1) is 6.67 Å². The lowest BCUT2D eigenvalue weighted by molar-refractivity contribution is -0.135. The van der Waals surface area contributed by atoms with Crippen LogP contribution in [0.5, 0.6) is 0 Å². The molecule has 0 saturated heterocycles. The van der Waals surface area contributed by atoms with Gasteiger partial charge in [-0.1, -0.05) is 32.1 Å². The van der Waals surface area contributed by atoms with Crippen LogP contribution in [0.3, 0.4) is 0 Å². The average molecular weight is 214 g/mol. The Bertz CT molecular complexity index is 120. The van der Waals surface area contributed by atoms with Crippen molar-refractivity contribution in [2.45, 2.75) is 57.5 Å². The third-order valence-corrected chi connectivity index (χ3v) is 2.09. The van der Waals surface area contributed by atoms with Crippen LogP contribution in [0.15, 0.2) is 0 Å². The van der Waals surface area contributed by atoms with Gasteiger partial charge in [0.15, 0.2) is 0 Å². The molecule has 4 heteroatoms. The van der Waals surface area contributed by atoms with Gasteiger partial charge in [-0.25, -0.2) is 0 Å². The second-order valence-corrected chi connectivity index (χ2v) is 3.53. The van der Waals surface area contributed by atoms with Crippen molar-refractivity contribution in [2.24, 2.45) is 0 Å². The van der Waals surface area contributed by atoms with Gasteiger partial charge in [0, 0.05) is 6.42 Å². The molecule has 0 heterocycles. The van der Waals surface area contributed by atoms with Crippen molar-refractivity contribution in [3.63, 3.8) is 0 Å². The Morgan fingerprint density at radius 1 is 0.643 bits per heavy atom. The van der Waals surface area contributed by atoms with Crippen LogP contribution in [0.25, 0.3) is 0 Å². The van der Waals surface area contributed by atoms with Crippen molar-refractivity contribution in [1.29, 1.82) is 0 Å². The fraction of sp³-hybridized carbons (Fsp3) is 1.00. The summed E-state index contributed by atoms with van der Waals surface area (Å²) in [6.45, 7) is -0.284. The molecule has 0 aromatic carbocycles. The molecule has 0 unspecified atom stereocenters. The van der Waals surface area contributed by atoms with E-state index in [-0.39, 0.29) is 13.1 Å². The van der Waals surface area contributed by atoms with Crippen LogP contribution < -0.4 is 0 Å². The third-order valence-electron chi connectivity index (χ3n) is 2.09. The van der Waals surface area contributed by atoms with E-state index in [1.807, 2.05) is 0 Å². The summed E-state index contributed by atoms with van der Waals surface area (Å²) in [5.74, 6) is 0. The van der Waals surface area contributed by atoms with E-state index in [9.17, 15) is 17.6 Å². The first kappa shape index (κ1) is 13.7. The van der Waals surface area contributed by atoms with Gasteiger partial charge >= 0.3 is 6.18 Å². The first-order valence-corrected chi connectivity index (χ1v) is 5.19. The maximum Gasteiger partial charge on any atom is 0.389 e. The molecule has 0 saturated carbocycles. The van der Waals surface area contributed by atoms with Crippen molar-refractivity contribution in [3.8, 4) is 0 Å². The normalized spacial score (nSPS) is 12.0. The Labute approximate surface area is 82.7 Å². The lowest BCUT2D eigenvalue weighted by Gasteiger charge is -2.05. The van der Waals surface area contributed by atoms with Gasteiger partial charge in [-0.15, -0.1) is 0 Å². The number of hydrogen-bond donors (Lipinski definition) is 0. The van der Waals surface area contributed by atoms with Gasteiger partial charge in [-0.05, 0) is 12.8 Å². The van der Waals surface area contributed by atoms with Crippen LogP contribution in [0.1, 0.15) is 51.4 Å². The van der Waals surface area contributed by atoms with E-state index in [4.69, 9.17) is 0 Å². The minimum absolute atomic E-state index is 0.229. The Balaban J connectivity index is 2.99. The van der Waals surface area contributed by atoms with E-state index in [0.717, 1.165) is 25.7 Å². The molecule has 86 valence electrons. The second kappa shape index (κ2) is 8.06. The Kier molecular flexibility index (Phi) is 7.90. The summed E-state index contributed by atoms with van der Waals surface area (Å²) < 4.78 is 46.7. The summed E-state index contributed by atoms with van der Waals surface area (Å²) in [6.07, 6.45) is 0.335.